The first-order chi connectivity index (χ1) is 15.3. The van der Waals surface area contributed by atoms with Gasteiger partial charge >= 0.3 is 5.97 Å². The van der Waals surface area contributed by atoms with Gasteiger partial charge in [0.25, 0.3) is 5.69 Å². The van der Waals surface area contributed by atoms with Crippen LogP contribution in [0.3, 0.4) is 0 Å². The van der Waals surface area contributed by atoms with Crippen LogP contribution in [0.2, 0.25) is 0 Å². The summed E-state index contributed by atoms with van der Waals surface area (Å²) in [7, 11) is 0. The molecule has 3 aromatic rings. The smallest absolute Gasteiger partial charge is 0.352 e. The zero-order valence-corrected chi connectivity index (χ0v) is 17.6. The molecule has 0 saturated carbocycles. The third kappa shape index (κ3) is 2.93. The van der Waals surface area contributed by atoms with Crippen LogP contribution >= 0.6 is 11.3 Å². The lowest BCUT2D eigenvalue weighted by Gasteiger charge is -2.47. The zero-order valence-electron chi connectivity index (χ0n) is 16.8. The number of carboxylic acids is 1. The van der Waals surface area contributed by atoms with Crippen LogP contribution in [0, 0.1) is 22.0 Å². The van der Waals surface area contributed by atoms with Crippen molar-refractivity contribution in [2.24, 2.45) is 11.8 Å². The minimum Gasteiger partial charge on any atom is -0.477 e. The molecule has 10 nitrogen and oxygen atoms in total. The normalized spacial score (nSPS) is 23.4. The number of aromatic nitrogens is 2. The number of non-ortho nitro benzene ring substituents is 1. The summed E-state index contributed by atoms with van der Waals surface area (Å²) in [5.74, 6) is -2.71. The van der Waals surface area contributed by atoms with Crippen molar-refractivity contribution in [3.63, 3.8) is 0 Å². The van der Waals surface area contributed by atoms with Crippen molar-refractivity contribution in [2.75, 3.05) is 0 Å². The molecule has 1 saturated heterocycles. The van der Waals surface area contributed by atoms with Crippen LogP contribution < -0.4 is 0 Å². The largest absolute Gasteiger partial charge is 0.477 e. The fourth-order valence-electron chi connectivity index (χ4n) is 4.80. The van der Waals surface area contributed by atoms with E-state index in [9.17, 15) is 29.9 Å². The Morgan fingerprint density at radius 3 is 2.66 bits per heavy atom. The summed E-state index contributed by atoms with van der Waals surface area (Å²) in [6.07, 6.45) is 4.53. The number of fused-ring (bicyclic) bond motifs is 2. The summed E-state index contributed by atoms with van der Waals surface area (Å²) in [4.78, 5) is 42.5. The maximum absolute atomic E-state index is 12.8. The van der Waals surface area contributed by atoms with E-state index in [2.05, 4.69) is 4.98 Å². The van der Waals surface area contributed by atoms with Gasteiger partial charge in [-0.15, -0.1) is 11.3 Å². The summed E-state index contributed by atoms with van der Waals surface area (Å²) in [5.41, 5.74) is 1.20. The van der Waals surface area contributed by atoms with Crippen molar-refractivity contribution >= 4 is 39.3 Å². The van der Waals surface area contributed by atoms with Crippen LogP contribution in [0.5, 0.6) is 0 Å². The lowest BCUT2D eigenvalue weighted by atomic mass is 9.74. The number of benzene rings is 1. The summed E-state index contributed by atoms with van der Waals surface area (Å²) < 4.78 is 1.79. The molecule has 1 aromatic carbocycles. The van der Waals surface area contributed by atoms with Gasteiger partial charge in [-0.3, -0.25) is 19.3 Å². The van der Waals surface area contributed by atoms with Crippen LogP contribution in [0.4, 0.5) is 5.69 Å². The van der Waals surface area contributed by atoms with E-state index in [1.54, 1.807) is 35.3 Å². The number of aliphatic hydroxyl groups excluding tert-OH is 1. The highest BCUT2D eigenvalue weighted by molar-refractivity contribution is 7.18. The molecule has 164 valence electrons. The van der Waals surface area contributed by atoms with Crippen molar-refractivity contribution in [3.8, 4) is 0 Å². The van der Waals surface area contributed by atoms with Crippen molar-refractivity contribution in [1.82, 2.24) is 14.3 Å². The number of imidazole rings is 1. The molecule has 0 spiro atoms. The number of nitrogens with zero attached hydrogens (tertiary/aromatic N) is 4. The molecule has 2 aromatic heterocycles. The van der Waals surface area contributed by atoms with Crippen molar-refractivity contribution in [1.29, 1.82) is 0 Å². The minimum absolute atomic E-state index is 0.0367. The second-order valence-corrected chi connectivity index (χ2v) is 9.06. The summed E-state index contributed by atoms with van der Waals surface area (Å²) in [6.45, 7) is 1.53. The quantitative estimate of drug-likeness (QED) is 0.331. The third-order valence-electron chi connectivity index (χ3n) is 6.16. The summed E-state index contributed by atoms with van der Waals surface area (Å²) in [6, 6.07) is 5.59. The number of carboxylic acid groups (broad SMARTS) is 1. The number of nitro benzene ring substituents is 1. The van der Waals surface area contributed by atoms with Gasteiger partial charge in [-0.25, -0.2) is 9.78 Å². The standard InChI is InChI=1S/C21H18N4O6S/c1-10(26)16-18-13(6-11-2-4-12(5-3-11)25(30)31)17(19(21(28)29)24(18)20(16)27)14-8-23-9-22-7-15(23)32-14/h2-5,7-10,13,16,18,26H,6H2,1H3,(H,28,29)/t10-,13?,16-,18-/m1/s1. The molecular formula is C21H18N4O6S. The van der Waals surface area contributed by atoms with E-state index < -0.39 is 40.8 Å². The van der Waals surface area contributed by atoms with Crippen LogP contribution in [0.1, 0.15) is 17.4 Å². The fraction of sp³-hybridized carbons (Fsp3) is 0.286. The number of carbonyl (C=O) groups is 2. The molecule has 4 heterocycles. The molecule has 4 atom stereocenters. The van der Waals surface area contributed by atoms with Crippen LogP contribution in [-0.2, 0) is 16.0 Å². The molecule has 0 radical (unpaired) electrons. The average molecular weight is 454 g/mol. The number of nitro groups is 1. The third-order valence-corrected chi connectivity index (χ3v) is 7.23. The van der Waals surface area contributed by atoms with Gasteiger partial charge < -0.3 is 15.1 Å². The first-order valence-corrected chi connectivity index (χ1v) is 10.7. The van der Waals surface area contributed by atoms with Crippen LogP contribution in [0.25, 0.3) is 10.4 Å². The van der Waals surface area contributed by atoms with E-state index in [0.29, 0.717) is 16.9 Å². The van der Waals surface area contributed by atoms with Gasteiger partial charge in [0.05, 0.1) is 40.4 Å². The number of thiazole rings is 1. The number of hydrogen-bond acceptors (Lipinski definition) is 7. The Balaban J connectivity index is 1.62. The number of carbonyl (C=O) groups excluding carboxylic acids is 1. The Hall–Kier alpha value is -3.57. The van der Waals surface area contributed by atoms with E-state index in [-0.39, 0.29) is 11.4 Å². The molecule has 2 N–H and O–H groups in total. The second-order valence-electron chi connectivity index (χ2n) is 8.00. The highest BCUT2D eigenvalue weighted by atomic mass is 32.1. The monoisotopic (exact) mass is 454 g/mol. The lowest BCUT2D eigenvalue weighted by molar-refractivity contribution is -0.384. The first-order valence-electron chi connectivity index (χ1n) is 9.91. The Labute approximate surface area is 185 Å². The Kier molecular flexibility index (Phi) is 4.60. The molecule has 0 aliphatic carbocycles. The van der Waals surface area contributed by atoms with Crippen molar-refractivity contribution in [2.45, 2.75) is 25.5 Å². The van der Waals surface area contributed by atoms with E-state index in [1.807, 2.05) is 0 Å². The van der Waals surface area contributed by atoms with Gasteiger partial charge in [-0.1, -0.05) is 12.1 Å². The molecular weight excluding hydrogens is 436 g/mol. The van der Waals surface area contributed by atoms with E-state index in [4.69, 9.17) is 0 Å². The molecule has 32 heavy (non-hydrogen) atoms. The second kappa shape index (κ2) is 7.24. The molecule has 1 fully saturated rings. The highest BCUT2D eigenvalue weighted by Gasteiger charge is 2.61. The van der Waals surface area contributed by atoms with E-state index in [1.165, 1.54) is 35.3 Å². The molecule has 0 bridgehead atoms. The van der Waals surface area contributed by atoms with Crippen molar-refractivity contribution < 1.29 is 24.7 Å². The number of aliphatic hydroxyl groups is 1. The Bertz CT molecular complexity index is 1260. The highest BCUT2D eigenvalue weighted by Crippen LogP contribution is 2.52. The molecule has 2 aliphatic heterocycles. The first kappa shape index (κ1) is 20.3. The molecule has 1 amide bonds. The van der Waals surface area contributed by atoms with Gasteiger partial charge in [0.15, 0.2) is 0 Å². The fourth-order valence-corrected chi connectivity index (χ4v) is 5.86. The molecule has 11 heteroatoms. The average Bonchev–Trinajstić information content (AvgIpc) is 3.39. The van der Waals surface area contributed by atoms with Gasteiger partial charge in [-0.2, -0.15) is 0 Å². The van der Waals surface area contributed by atoms with E-state index >= 15 is 0 Å². The van der Waals surface area contributed by atoms with Crippen LogP contribution in [-0.4, -0.2) is 53.4 Å². The summed E-state index contributed by atoms with van der Waals surface area (Å²) >= 11 is 1.38. The zero-order chi connectivity index (χ0) is 22.7. The van der Waals surface area contributed by atoms with Gasteiger partial charge in [0.1, 0.15) is 10.5 Å². The minimum atomic E-state index is -1.20. The van der Waals surface area contributed by atoms with Crippen LogP contribution in [0.15, 0.2) is 48.7 Å². The Morgan fingerprint density at radius 2 is 2.06 bits per heavy atom. The van der Waals surface area contributed by atoms with Gasteiger partial charge in [0.2, 0.25) is 5.91 Å². The predicted octanol–water partition coefficient (Wildman–Crippen LogP) is 2.18. The topological polar surface area (TPSA) is 138 Å². The molecule has 2 aliphatic rings. The SMILES string of the molecule is C[C@@H](O)[C@H]1C(=O)N2C(C(=O)O)=C(c3cn4cncc4s3)C(Cc3ccc([N+](=O)[O-])cc3)[C@H]12. The maximum atomic E-state index is 12.8. The molecule has 1 unspecified atom stereocenters. The number of rotatable bonds is 6. The maximum Gasteiger partial charge on any atom is 0.352 e. The van der Waals surface area contributed by atoms with E-state index in [0.717, 1.165) is 10.4 Å². The number of amides is 1. The number of aliphatic carboxylic acids is 1. The summed E-state index contributed by atoms with van der Waals surface area (Å²) in [5, 5.41) is 31.2. The van der Waals surface area contributed by atoms with Gasteiger partial charge in [0, 0.05) is 29.8 Å². The van der Waals surface area contributed by atoms with Gasteiger partial charge in [-0.05, 0) is 18.9 Å². The lowest BCUT2D eigenvalue weighted by Crippen LogP contribution is -2.64. The van der Waals surface area contributed by atoms with Crippen molar-refractivity contribution in [3.05, 3.63) is 69.2 Å². The predicted molar refractivity (Wildman–Crippen MR) is 114 cm³/mol. The Morgan fingerprint density at radius 1 is 1.34 bits per heavy atom. The number of β-lactam (4-membered cyclic amide) rings is 1. The number of hydrogen-bond donors (Lipinski definition) is 2. The molecule has 5 rings (SSSR count).